The van der Waals surface area contributed by atoms with Gasteiger partial charge < -0.3 is 19.9 Å². The van der Waals surface area contributed by atoms with Crippen LogP contribution in [0.5, 0.6) is 11.5 Å². The van der Waals surface area contributed by atoms with E-state index in [2.05, 4.69) is 5.32 Å². The molecule has 0 heterocycles. The fraction of sp³-hybridized carbons (Fsp3) is 0.571. The van der Waals surface area contributed by atoms with Crippen molar-refractivity contribution in [2.75, 3.05) is 20.3 Å². The monoisotopic (exact) mass is 287 g/mol. The summed E-state index contributed by atoms with van der Waals surface area (Å²) in [6, 6.07) is 3.84. The Morgan fingerprint density at radius 1 is 1.37 bits per heavy atom. The van der Waals surface area contributed by atoms with E-state index in [0.29, 0.717) is 29.7 Å². The third kappa shape index (κ3) is 4.56. The van der Waals surface area contributed by atoms with E-state index in [4.69, 9.17) is 26.2 Å². The highest BCUT2D eigenvalue weighted by atomic mass is 35.5. The number of aliphatic hydroxyl groups is 1. The fourth-order valence-corrected chi connectivity index (χ4v) is 2.05. The van der Waals surface area contributed by atoms with Crippen molar-refractivity contribution < 1.29 is 14.6 Å². The third-order valence-electron chi connectivity index (χ3n) is 2.89. The number of nitrogens with one attached hydrogen (secondary N) is 1. The molecule has 0 saturated carbocycles. The summed E-state index contributed by atoms with van der Waals surface area (Å²) in [7, 11) is 1.59. The van der Waals surface area contributed by atoms with E-state index in [-0.39, 0.29) is 12.6 Å². The first-order chi connectivity index (χ1) is 9.15. The molecule has 0 aliphatic heterocycles. The van der Waals surface area contributed by atoms with Crippen molar-refractivity contribution in [2.45, 2.75) is 32.9 Å². The van der Waals surface area contributed by atoms with Gasteiger partial charge in [-0.3, -0.25) is 0 Å². The molecule has 1 atom stereocenters. The predicted octanol–water partition coefficient (Wildman–Crippen LogP) is 2.61. The average molecular weight is 288 g/mol. The minimum Gasteiger partial charge on any atom is -0.493 e. The molecule has 0 fully saturated rings. The van der Waals surface area contributed by atoms with Gasteiger partial charge in [0.05, 0.1) is 25.3 Å². The van der Waals surface area contributed by atoms with Crippen molar-refractivity contribution in [3.8, 4) is 11.5 Å². The van der Waals surface area contributed by atoms with E-state index in [9.17, 15) is 0 Å². The lowest BCUT2D eigenvalue weighted by atomic mass is 10.1. The highest BCUT2D eigenvalue weighted by molar-refractivity contribution is 6.32. The van der Waals surface area contributed by atoms with Crippen LogP contribution in [0.1, 0.15) is 25.8 Å². The zero-order valence-corrected chi connectivity index (χ0v) is 12.5. The van der Waals surface area contributed by atoms with Crippen LogP contribution in [0.25, 0.3) is 0 Å². The molecule has 0 saturated heterocycles. The van der Waals surface area contributed by atoms with Gasteiger partial charge >= 0.3 is 0 Å². The predicted molar refractivity (Wildman–Crippen MR) is 77.2 cm³/mol. The number of hydrogen-bond donors (Lipinski definition) is 2. The third-order valence-corrected chi connectivity index (χ3v) is 3.17. The normalized spacial score (nSPS) is 12.3. The van der Waals surface area contributed by atoms with E-state index < -0.39 is 0 Å². The molecule has 1 aromatic rings. The summed E-state index contributed by atoms with van der Waals surface area (Å²) in [5.41, 5.74) is 0.997. The maximum absolute atomic E-state index is 9.14. The van der Waals surface area contributed by atoms with Gasteiger partial charge in [-0.25, -0.2) is 0 Å². The second-order valence-corrected chi connectivity index (χ2v) is 4.62. The van der Waals surface area contributed by atoms with Gasteiger partial charge in [0.1, 0.15) is 0 Å². The largest absolute Gasteiger partial charge is 0.493 e. The van der Waals surface area contributed by atoms with Gasteiger partial charge in [-0.2, -0.15) is 0 Å². The van der Waals surface area contributed by atoms with Gasteiger partial charge in [-0.05, 0) is 31.0 Å². The Labute approximate surface area is 119 Å². The highest BCUT2D eigenvalue weighted by Gasteiger charge is 2.12. The van der Waals surface area contributed by atoms with E-state index >= 15 is 0 Å². The Morgan fingerprint density at radius 3 is 2.63 bits per heavy atom. The topological polar surface area (TPSA) is 50.7 Å². The van der Waals surface area contributed by atoms with Crippen LogP contribution in [0.2, 0.25) is 5.02 Å². The number of aliphatic hydroxyl groups excluding tert-OH is 1. The van der Waals surface area contributed by atoms with E-state index in [1.54, 1.807) is 7.11 Å². The first-order valence-corrected chi connectivity index (χ1v) is 6.87. The lowest BCUT2D eigenvalue weighted by Crippen LogP contribution is -2.31. The minimum absolute atomic E-state index is 0.0938. The zero-order valence-electron chi connectivity index (χ0n) is 11.7. The number of methoxy groups -OCH3 is 1. The van der Waals surface area contributed by atoms with Gasteiger partial charge in [-0.15, -0.1) is 0 Å². The number of hydrogen-bond acceptors (Lipinski definition) is 4. The van der Waals surface area contributed by atoms with Crippen LogP contribution in [0.3, 0.4) is 0 Å². The number of halogens is 1. The van der Waals surface area contributed by atoms with Crippen LogP contribution in [0.4, 0.5) is 0 Å². The molecule has 0 aromatic heterocycles. The maximum atomic E-state index is 9.14. The van der Waals surface area contributed by atoms with Gasteiger partial charge in [0, 0.05) is 12.6 Å². The molecule has 1 rings (SSSR count). The van der Waals surface area contributed by atoms with Crippen molar-refractivity contribution in [2.24, 2.45) is 0 Å². The van der Waals surface area contributed by atoms with Crippen LogP contribution in [-0.2, 0) is 6.54 Å². The first kappa shape index (κ1) is 16.1. The standard InChI is InChI=1S/C14H22ClNO3/c1-4-11(9-17)16-8-10-6-12(15)14(19-5-2)13(7-10)18-3/h6-7,11,16-17H,4-5,8-9H2,1-3H3/t11-/m0/s1. The van der Waals surface area contributed by atoms with E-state index in [1.807, 2.05) is 26.0 Å². The average Bonchev–Trinajstić information content (AvgIpc) is 2.42. The molecule has 4 nitrogen and oxygen atoms in total. The summed E-state index contributed by atoms with van der Waals surface area (Å²) >= 11 is 6.19. The second kappa shape index (κ2) is 8.25. The molecule has 0 unspecified atom stereocenters. The van der Waals surface area contributed by atoms with E-state index in [0.717, 1.165) is 12.0 Å². The molecule has 0 bridgehead atoms. The molecule has 108 valence electrons. The maximum Gasteiger partial charge on any atom is 0.179 e. The highest BCUT2D eigenvalue weighted by Crippen LogP contribution is 2.36. The van der Waals surface area contributed by atoms with Gasteiger partial charge in [0.25, 0.3) is 0 Å². The van der Waals surface area contributed by atoms with Crippen molar-refractivity contribution in [1.29, 1.82) is 0 Å². The van der Waals surface area contributed by atoms with Crippen LogP contribution in [0.15, 0.2) is 12.1 Å². The molecular weight excluding hydrogens is 266 g/mol. The first-order valence-electron chi connectivity index (χ1n) is 6.49. The summed E-state index contributed by atoms with van der Waals surface area (Å²) < 4.78 is 10.8. The Morgan fingerprint density at radius 2 is 2.11 bits per heavy atom. The molecule has 1 aromatic carbocycles. The molecule has 5 heteroatoms. The van der Waals surface area contributed by atoms with Crippen LogP contribution < -0.4 is 14.8 Å². The molecule has 0 amide bonds. The fourth-order valence-electron chi connectivity index (χ4n) is 1.76. The van der Waals surface area contributed by atoms with Crippen molar-refractivity contribution >= 4 is 11.6 Å². The molecule has 2 N–H and O–H groups in total. The van der Waals surface area contributed by atoms with Crippen molar-refractivity contribution in [3.63, 3.8) is 0 Å². The van der Waals surface area contributed by atoms with Crippen LogP contribution in [0, 0.1) is 0 Å². The minimum atomic E-state index is 0.0938. The number of benzene rings is 1. The molecule has 19 heavy (non-hydrogen) atoms. The van der Waals surface area contributed by atoms with E-state index in [1.165, 1.54) is 0 Å². The van der Waals surface area contributed by atoms with Crippen molar-refractivity contribution in [1.82, 2.24) is 5.32 Å². The SMILES string of the molecule is CCOc1c(Cl)cc(CN[C@@H](CC)CO)cc1OC. The molecular formula is C14H22ClNO3. The van der Waals surface area contributed by atoms with Gasteiger partial charge in [0.2, 0.25) is 0 Å². The lowest BCUT2D eigenvalue weighted by molar-refractivity contribution is 0.238. The van der Waals surface area contributed by atoms with Gasteiger partial charge in [-0.1, -0.05) is 18.5 Å². The summed E-state index contributed by atoms with van der Waals surface area (Å²) in [5, 5.41) is 12.9. The summed E-state index contributed by atoms with van der Waals surface area (Å²) in [6.45, 7) is 5.22. The molecule has 0 radical (unpaired) electrons. The second-order valence-electron chi connectivity index (χ2n) is 4.21. The summed E-state index contributed by atoms with van der Waals surface area (Å²) in [5.74, 6) is 1.20. The summed E-state index contributed by atoms with van der Waals surface area (Å²) in [6.07, 6.45) is 0.873. The smallest absolute Gasteiger partial charge is 0.179 e. The van der Waals surface area contributed by atoms with Gasteiger partial charge in [0.15, 0.2) is 11.5 Å². The van der Waals surface area contributed by atoms with Crippen LogP contribution in [-0.4, -0.2) is 31.5 Å². The zero-order chi connectivity index (χ0) is 14.3. The summed E-state index contributed by atoms with van der Waals surface area (Å²) in [4.78, 5) is 0. The quantitative estimate of drug-likeness (QED) is 0.772. The Bertz CT molecular complexity index is 395. The Kier molecular flexibility index (Phi) is 6.99. The molecule has 0 spiro atoms. The molecule has 0 aliphatic rings. The van der Waals surface area contributed by atoms with Crippen LogP contribution >= 0.6 is 11.6 Å². The Hall–Kier alpha value is -0.970. The number of rotatable bonds is 8. The Balaban J connectivity index is 2.83. The van der Waals surface area contributed by atoms with Crippen molar-refractivity contribution in [3.05, 3.63) is 22.7 Å². The molecule has 0 aliphatic carbocycles. The number of ether oxygens (including phenoxy) is 2. The lowest BCUT2D eigenvalue weighted by Gasteiger charge is -2.16.